The lowest BCUT2D eigenvalue weighted by Gasteiger charge is -2.34. The molecule has 18 heavy (non-hydrogen) atoms. The highest BCUT2D eigenvalue weighted by Crippen LogP contribution is 2.27. The minimum atomic E-state index is -3.37. The van der Waals surface area contributed by atoms with E-state index < -0.39 is 10.0 Å². The number of nitrogens with zero attached hydrogens (tertiary/aromatic N) is 1. The Labute approximate surface area is 114 Å². The summed E-state index contributed by atoms with van der Waals surface area (Å²) >= 11 is 5.80. The van der Waals surface area contributed by atoms with Gasteiger partial charge in [-0.3, -0.25) is 0 Å². The molecule has 1 aliphatic rings. The highest BCUT2D eigenvalue weighted by molar-refractivity contribution is 7.89. The second-order valence-electron chi connectivity index (χ2n) is 4.63. The molecule has 1 aliphatic heterocycles. The Bertz CT molecular complexity index is 498. The fourth-order valence-corrected chi connectivity index (χ4v) is 4.33. The van der Waals surface area contributed by atoms with E-state index in [0.717, 1.165) is 25.7 Å². The average Bonchev–Trinajstić information content (AvgIpc) is 2.39. The second-order valence-corrected chi connectivity index (χ2v) is 6.95. The summed E-state index contributed by atoms with van der Waals surface area (Å²) < 4.78 is 26.8. The van der Waals surface area contributed by atoms with E-state index in [0.29, 0.717) is 16.5 Å². The van der Waals surface area contributed by atoms with Gasteiger partial charge in [0, 0.05) is 17.6 Å². The van der Waals surface area contributed by atoms with Crippen molar-refractivity contribution in [2.75, 3.05) is 6.54 Å². The van der Waals surface area contributed by atoms with E-state index >= 15 is 0 Å². The van der Waals surface area contributed by atoms with Crippen LogP contribution in [-0.4, -0.2) is 25.3 Å². The summed E-state index contributed by atoms with van der Waals surface area (Å²) in [7, 11) is -3.37. The van der Waals surface area contributed by atoms with Crippen LogP contribution in [0.4, 0.5) is 0 Å². The van der Waals surface area contributed by atoms with Gasteiger partial charge in [-0.15, -0.1) is 0 Å². The molecule has 0 spiro atoms. The molecular weight excluding hydrogens is 270 g/mol. The Morgan fingerprint density at radius 2 is 1.94 bits per heavy atom. The van der Waals surface area contributed by atoms with E-state index in [-0.39, 0.29) is 6.04 Å². The van der Waals surface area contributed by atoms with Gasteiger partial charge in [0.1, 0.15) is 0 Å². The van der Waals surface area contributed by atoms with E-state index in [1.54, 1.807) is 28.6 Å². The molecule has 1 fully saturated rings. The van der Waals surface area contributed by atoms with Gasteiger partial charge in [-0.1, -0.05) is 24.9 Å². The minimum Gasteiger partial charge on any atom is -0.207 e. The molecule has 0 N–H and O–H groups in total. The molecule has 3 nitrogen and oxygen atoms in total. The summed E-state index contributed by atoms with van der Waals surface area (Å²) in [5.41, 5.74) is 0. The third-order valence-corrected chi connectivity index (χ3v) is 5.68. The van der Waals surface area contributed by atoms with Crippen LogP contribution in [0.15, 0.2) is 29.2 Å². The third kappa shape index (κ3) is 2.71. The predicted molar refractivity (Wildman–Crippen MR) is 73.3 cm³/mol. The molecule has 1 saturated heterocycles. The van der Waals surface area contributed by atoms with Gasteiger partial charge in [-0.05, 0) is 43.5 Å². The highest BCUT2D eigenvalue weighted by Gasteiger charge is 2.32. The van der Waals surface area contributed by atoms with Gasteiger partial charge < -0.3 is 0 Å². The Morgan fingerprint density at radius 1 is 1.28 bits per heavy atom. The van der Waals surface area contributed by atoms with Crippen LogP contribution in [0.3, 0.4) is 0 Å². The zero-order valence-corrected chi connectivity index (χ0v) is 12.0. The van der Waals surface area contributed by atoms with Crippen molar-refractivity contribution in [2.24, 2.45) is 0 Å². The van der Waals surface area contributed by atoms with Crippen molar-refractivity contribution in [2.45, 2.75) is 43.5 Å². The Balaban J connectivity index is 2.32. The van der Waals surface area contributed by atoms with E-state index in [1.165, 1.54) is 0 Å². The van der Waals surface area contributed by atoms with Crippen LogP contribution in [0.2, 0.25) is 5.02 Å². The van der Waals surface area contributed by atoms with Crippen molar-refractivity contribution in [1.82, 2.24) is 4.31 Å². The lowest BCUT2D eigenvalue weighted by Crippen LogP contribution is -2.43. The van der Waals surface area contributed by atoms with E-state index in [1.807, 2.05) is 6.92 Å². The van der Waals surface area contributed by atoms with Crippen LogP contribution in [0.25, 0.3) is 0 Å². The molecule has 100 valence electrons. The van der Waals surface area contributed by atoms with E-state index in [9.17, 15) is 8.42 Å². The minimum absolute atomic E-state index is 0.138. The largest absolute Gasteiger partial charge is 0.243 e. The predicted octanol–water partition coefficient (Wildman–Crippen LogP) is 3.29. The maximum Gasteiger partial charge on any atom is 0.243 e. The number of piperidine rings is 1. The topological polar surface area (TPSA) is 37.4 Å². The van der Waals surface area contributed by atoms with Crippen LogP contribution in [0, 0.1) is 0 Å². The zero-order valence-electron chi connectivity index (χ0n) is 10.5. The van der Waals surface area contributed by atoms with Crippen LogP contribution < -0.4 is 0 Å². The molecule has 0 saturated carbocycles. The number of halogens is 1. The van der Waals surface area contributed by atoms with Gasteiger partial charge in [0.15, 0.2) is 0 Å². The van der Waals surface area contributed by atoms with Gasteiger partial charge in [0.05, 0.1) is 4.90 Å². The first-order valence-corrected chi connectivity index (χ1v) is 8.15. The van der Waals surface area contributed by atoms with Crippen molar-refractivity contribution in [3.8, 4) is 0 Å². The monoisotopic (exact) mass is 287 g/mol. The van der Waals surface area contributed by atoms with Crippen molar-refractivity contribution in [3.05, 3.63) is 29.3 Å². The summed E-state index contributed by atoms with van der Waals surface area (Å²) in [6.45, 7) is 2.67. The summed E-state index contributed by atoms with van der Waals surface area (Å²) in [6.07, 6.45) is 3.89. The number of hydrogen-bond acceptors (Lipinski definition) is 2. The molecule has 1 aromatic carbocycles. The molecule has 2 rings (SSSR count). The molecule has 1 atom stereocenters. The third-order valence-electron chi connectivity index (χ3n) is 3.46. The van der Waals surface area contributed by atoms with E-state index in [2.05, 4.69) is 0 Å². The molecule has 0 amide bonds. The summed E-state index contributed by atoms with van der Waals surface area (Å²) in [4.78, 5) is 0.340. The first-order chi connectivity index (χ1) is 8.55. The number of sulfonamides is 1. The van der Waals surface area contributed by atoms with Crippen LogP contribution in [-0.2, 0) is 10.0 Å². The molecule has 5 heteroatoms. The quantitative estimate of drug-likeness (QED) is 0.855. The van der Waals surface area contributed by atoms with Crippen LogP contribution in [0.1, 0.15) is 32.6 Å². The normalized spacial score (nSPS) is 22.0. The van der Waals surface area contributed by atoms with Crippen LogP contribution in [0.5, 0.6) is 0 Å². The molecule has 1 heterocycles. The molecule has 1 aromatic rings. The number of hydrogen-bond donors (Lipinski definition) is 0. The lowest BCUT2D eigenvalue weighted by molar-refractivity contribution is 0.246. The Morgan fingerprint density at radius 3 is 2.56 bits per heavy atom. The van der Waals surface area contributed by atoms with Crippen molar-refractivity contribution in [1.29, 1.82) is 0 Å². The van der Waals surface area contributed by atoms with Crippen LogP contribution >= 0.6 is 11.6 Å². The SMILES string of the molecule is CCC1CCCCN1S(=O)(=O)c1ccc(Cl)cc1. The van der Waals surface area contributed by atoms with Crippen molar-refractivity contribution < 1.29 is 8.42 Å². The fourth-order valence-electron chi connectivity index (χ4n) is 2.44. The summed E-state index contributed by atoms with van der Waals surface area (Å²) in [5.74, 6) is 0. The standard InChI is InChI=1S/C13H18ClNO2S/c1-2-12-5-3-4-10-15(12)18(16,17)13-8-6-11(14)7-9-13/h6-9,12H,2-5,10H2,1H3. The maximum absolute atomic E-state index is 12.6. The smallest absolute Gasteiger partial charge is 0.207 e. The molecular formula is C13H18ClNO2S. The van der Waals surface area contributed by atoms with Gasteiger partial charge in [0.25, 0.3) is 0 Å². The van der Waals surface area contributed by atoms with Crippen molar-refractivity contribution >= 4 is 21.6 Å². The first-order valence-electron chi connectivity index (χ1n) is 6.33. The van der Waals surface area contributed by atoms with E-state index in [4.69, 9.17) is 11.6 Å². The molecule has 0 aliphatic carbocycles. The van der Waals surface area contributed by atoms with Gasteiger partial charge in [-0.2, -0.15) is 4.31 Å². The summed E-state index contributed by atoms with van der Waals surface area (Å²) in [6, 6.07) is 6.55. The summed E-state index contributed by atoms with van der Waals surface area (Å²) in [5, 5.41) is 0.555. The highest BCUT2D eigenvalue weighted by atomic mass is 35.5. The number of benzene rings is 1. The number of rotatable bonds is 3. The van der Waals surface area contributed by atoms with Gasteiger partial charge in [0.2, 0.25) is 10.0 Å². The maximum atomic E-state index is 12.6. The Hall–Kier alpha value is -0.580. The average molecular weight is 288 g/mol. The molecule has 0 aromatic heterocycles. The first kappa shape index (κ1) is 13.8. The fraction of sp³-hybridized carbons (Fsp3) is 0.538. The van der Waals surface area contributed by atoms with Gasteiger partial charge in [-0.25, -0.2) is 8.42 Å². The van der Waals surface area contributed by atoms with Crippen molar-refractivity contribution in [3.63, 3.8) is 0 Å². The van der Waals surface area contributed by atoms with Gasteiger partial charge >= 0.3 is 0 Å². The zero-order chi connectivity index (χ0) is 13.2. The Kier molecular flexibility index (Phi) is 4.30. The lowest BCUT2D eigenvalue weighted by atomic mass is 10.0. The second kappa shape index (κ2) is 5.59. The molecule has 1 unspecified atom stereocenters. The molecule has 0 radical (unpaired) electrons. The molecule has 0 bridgehead atoms.